The lowest BCUT2D eigenvalue weighted by atomic mass is 9.61. The summed E-state index contributed by atoms with van der Waals surface area (Å²) in [5, 5.41) is 20.0. The van der Waals surface area contributed by atoms with Crippen molar-refractivity contribution in [3.8, 4) is 11.5 Å². The van der Waals surface area contributed by atoms with Crippen LogP contribution in [0.2, 0.25) is 0 Å². The molecule has 0 spiro atoms. The zero-order valence-electron chi connectivity index (χ0n) is 14.4. The largest absolute Gasteiger partial charge is 0.508 e. The lowest BCUT2D eigenvalue weighted by molar-refractivity contribution is -0.166. The summed E-state index contributed by atoms with van der Waals surface area (Å²) in [5.74, 6) is 0.745. The first-order valence-electron chi connectivity index (χ1n) is 7.49. The molecule has 120 valence electrons. The molecule has 3 nitrogen and oxygen atoms in total. The van der Waals surface area contributed by atoms with Gasteiger partial charge in [-0.25, -0.2) is 0 Å². The summed E-state index contributed by atoms with van der Waals surface area (Å²) in [6.45, 7) is 15.0. The SMILES string of the molecule is CC(C)(C)CC(C)(C(O)Oc1ccc(O)cc1)C(C)(C)C. The first kappa shape index (κ1) is 17.8. The van der Waals surface area contributed by atoms with Gasteiger partial charge in [-0.2, -0.15) is 0 Å². The van der Waals surface area contributed by atoms with E-state index in [-0.39, 0.29) is 16.6 Å². The van der Waals surface area contributed by atoms with E-state index in [4.69, 9.17) is 4.74 Å². The van der Waals surface area contributed by atoms with Crippen LogP contribution >= 0.6 is 0 Å². The number of hydrogen-bond donors (Lipinski definition) is 2. The molecule has 0 aliphatic heterocycles. The Morgan fingerprint density at radius 3 is 1.81 bits per heavy atom. The molecule has 1 aromatic carbocycles. The Bertz CT molecular complexity index is 451. The molecule has 0 saturated heterocycles. The van der Waals surface area contributed by atoms with Gasteiger partial charge in [0.1, 0.15) is 11.5 Å². The molecule has 0 radical (unpaired) electrons. The van der Waals surface area contributed by atoms with Gasteiger partial charge in [0, 0.05) is 5.41 Å². The van der Waals surface area contributed by atoms with Crippen molar-refractivity contribution in [1.29, 1.82) is 0 Å². The third-order valence-electron chi connectivity index (χ3n) is 4.24. The molecule has 2 atom stereocenters. The minimum Gasteiger partial charge on any atom is -0.508 e. The van der Waals surface area contributed by atoms with Crippen molar-refractivity contribution >= 4 is 0 Å². The molecule has 2 N–H and O–H groups in total. The summed E-state index contributed by atoms with van der Waals surface area (Å²) in [6.07, 6.45) is -0.0794. The number of hydrogen-bond acceptors (Lipinski definition) is 3. The van der Waals surface area contributed by atoms with Gasteiger partial charge in [-0.3, -0.25) is 0 Å². The highest BCUT2D eigenvalue weighted by Crippen LogP contribution is 2.49. The lowest BCUT2D eigenvalue weighted by Crippen LogP contribution is -2.48. The van der Waals surface area contributed by atoms with Gasteiger partial charge in [-0.15, -0.1) is 0 Å². The summed E-state index contributed by atoms with van der Waals surface area (Å²) in [7, 11) is 0. The van der Waals surface area contributed by atoms with E-state index < -0.39 is 11.7 Å². The van der Waals surface area contributed by atoms with E-state index in [0.29, 0.717) is 5.75 Å². The Morgan fingerprint density at radius 2 is 1.43 bits per heavy atom. The van der Waals surface area contributed by atoms with Crippen molar-refractivity contribution < 1.29 is 14.9 Å². The number of aliphatic hydroxyl groups excluding tert-OH is 1. The summed E-state index contributed by atoms with van der Waals surface area (Å²) >= 11 is 0. The minimum atomic E-state index is -0.915. The van der Waals surface area contributed by atoms with E-state index >= 15 is 0 Å². The fourth-order valence-corrected chi connectivity index (χ4v) is 2.61. The summed E-state index contributed by atoms with van der Waals surface area (Å²) in [4.78, 5) is 0. The van der Waals surface area contributed by atoms with Gasteiger partial charge < -0.3 is 14.9 Å². The quantitative estimate of drug-likeness (QED) is 0.799. The van der Waals surface area contributed by atoms with Crippen LogP contribution in [0.1, 0.15) is 54.9 Å². The number of benzene rings is 1. The zero-order valence-corrected chi connectivity index (χ0v) is 14.4. The molecule has 0 heterocycles. The van der Waals surface area contributed by atoms with E-state index in [2.05, 4.69) is 48.5 Å². The predicted molar refractivity (Wildman–Crippen MR) is 86.4 cm³/mol. The maximum Gasteiger partial charge on any atom is 0.203 e. The fourth-order valence-electron chi connectivity index (χ4n) is 2.61. The molecule has 0 fully saturated rings. The normalized spacial score (nSPS) is 17.1. The Kier molecular flexibility index (Phi) is 4.99. The van der Waals surface area contributed by atoms with E-state index in [1.165, 1.54) is 0 Å². The second-order valence-corrected chi connectivity index (χ2v) is 8.37. The molecular weight excluding hydrogens is 264 g/mol. The molecular formula is C18H30O3. The maximum atomic E-state index is 10.7. The van der Waals surface area contributed by atoms with Gasteiger partial charge in [0.15, 0.2) is 0 Å². The van der Waals surface area contributed by atoms with Crippen molar-refractivity contribution in [2.24, 2.45) is 16.2 Å². The average molecular weight is 294 g/mol. The van der Waals surface area contributed by atoms with Crippen molar-refractivity contribution in [3.05, 3.63) is 24.3 Å². The molecule has 0 saturated carbocycles. The maximum absolute atomic E-state index is 10.7. The van der Waals surface area contributed by atoms with Gasteiger partial charge in [0.25, 0.3) is 0 Å². The Hall–Kier alpha value is -1.22. The van der Waals surface area contributed by atoms with Gasteiger partial charge in [0.2, 0.25) is 6.29 Å². The van der Waals surface area contributed by atoms with Gasteiger partial charge in [-0.05, 0) is 41.5 Å². The number of phenols is 1. The summed E-state index contributed by atoms with van der Waals surface area (Å²) < 4.78 is 5.75. The first-order valence-corrected chi connectivity index (χ1v) is 7.49. The molecule has 21 heavy (non-hydrogen) atoms. The third-order valence-corrected chi connectivity index (χ3v) is 4.24. The molecule has 2 unspecified atom stereocenters. The summed E-state index contributed by atoms with van der Waals surface area (Å²) in [5.41, 5.74) is -0.429. The third kappa shape index (κ3) is 4.63. The van der Waals surface area contributed by atoms with E-state index in [0.717, 1.165) is 6.42 Å². The fraction of sp³-hybridized carbons (Fsp3) is 0.667. The molecule has 0 aromatic heterocycles. The van der Waals surface area contributed by atoms with E-state index in [1.807, 2.05) is 0 Å². The van der Waals surface area contributed by atoms with Crippen molar-refractivity contribution in [2.45, 2.75) is 61.2 Å². The van der Waals surface area contributed by atoms with Gasteiger partial charge in [0.05, 0.1) is 0 Å². The van der Waals surface area contributed by atoms with Crippen LogP contribution in [0.25, 0.3) is 0 Å². The highest BCUT2D eigenvalue weighted by atomic mass is 16.6. The van der Waals surface area contributed by atoms with Crippen LogP contribution in [0.15, 0.2) is 24.3 Å². The number of ether oxygens (including phenoxy) is 1. The monoisotopic (exact) mass is 294 g/mol. The van der Waals surface area contributed by atoms with E-state index in [1.54, 1.807) is 24.3 Å². The smallest absolute Gasteiger partial charge is 0.203 e. The first-order chi connectivity index (χ1) is 9.35. The van der Waals surface area contributed by atoms with Crippen molar-refractivity contribution in [2.75, 3.05) is 0 Å². The molecule has 0 bridgehead atoms. The highest BCUT2D eigenvalue weighted by molar-refractivity contribution is 5.30. The molecule has 0 aliphatic rings. The molecule has 1 aromatic rings. The number of rotatable bonds is 4. The Balaban J connectivity index is 3.00. The lowest BCUT2D eigenvalue weighted by Gasteiger charge is -2.48. The number of aliphatic hydroxyl groups is 1. The number of phenolic OH excluding ortho intramolecular Hbond substituents is 1. The van der Waals surface area contributed by atoms with E-state index in [9.17, 15) is 10.2 Å². The van der Waals surface area contributed by atoms with Crippen molar-refractivity contribution in [3.63, 3.8) is 0 Å². The van der Waals surface area contributed by atoms with Crippen LogP contribution in [0.5, 0.6) is 11.5 Å². The average Bonchev–Trinajstić information content (AvgIpc) is 2.28. The molecule has 0 amide bonds. The topological polar surface area (TPSA) is 49.7 Å². The van der Waals surface area contributed by atoms with Crippen LogP contribution in [0, 0.1) is 16.2 Å². The van der Waals surface area contributed by atoms with Crippen LogP contribution in [-0.4, -0.2) is 16.5 Å². The minimum absolute atomic E-state index is 0.0846. The molecule has 3 heteroatoms. The number of aromatic hydroxyl groups is 1. The standard InChI is InChI=1S/C18H30O3/c1-16(2,3)12-18(7,17(4,5)6)15(20)21-14-10-8-13(19)9-11-14/h8-11,15,19-20H,12H2,1-7H3. The van der Waals surface area contributed by atoms with Crippen molar-refractivity contribution in [1.82, 2.24) is 0 Å². The van der Waals surface area contributed by atoms with Crippen LogP contribution in [0.4, 0.5) is 0 Å². The second-order valence-electron chi connectivity index (χ2n) is 8.37. The van der Waals surface area contributed by atoms with Gasteiger partial charge in [-0.1, -0.05) is 48.5 Å². The van der Waals surface area contributed by atoms with Crippen LogP contribution < -0.4 is 4.74 Å². The highest BCUT2D eigenvalue weighted by Gasteiger charge is 2.47. The predicted octanol–water partition coefficient (Wildman–Crippen LogP) is 4.58. The van der Waals surface area contributed by atoms with Gasteiger partial charge >= 0.3 is 0 Å². The zero-order chi connectivity index (χ0) is 16.5. The molecule has 0 aliphatic carbocycles. The Labute approximate surface area is 129 Å². The second kappa shape index (κ2) is 5.88. The van der Waals surface area contributed by atoms with Crippen LogP contribution in [-0.2, 0) is 0 Å². The van der Waals surface area contributed by atoms with Crippen LogP contribution in [0.3, 0.4) is 0 Å². The summed E-state index contributed by atoms with van der Waals surface area (Å²) in [6, 6.07) is 6.44. The molecule has 1 rings (SSSR count). The Morgan fingerprint density at radius 1 is 0.952 bits per heavy atom.